The highest BCUT2D eigenvalue weighted by Gasteiger charge is 2.17. The van der Waals surface area contributed by atoms with Gasteiger partial charge in [-0.15, -0.1) is 0 Å². The Bertz CT molecular complexity index is 423. The zero-order valence-corrected chi connectivity index (χ0v) is 11.8. The summed E-state index contributed by atoms with van der Waals surface area (Å²) in [4.78, 5) is 11.8. The molecule has 104 valence electrons. The highest BCUT2D eigenvalue weighted by atomic mass is 16.5. The van der Waals surface area contributed by atoms with Crippen LogP contribution in [0.15, 0.2) is 24.3 Å². The Hall–Kier alpha value is -1.51. The van der Waals surface area contributed by atoms with Gasteiger partial charge in [0.1, 0.15) is 5.75 Å². The summed E-state index contributed by atoms with van der Waals surface area (Å²) in [6.07, 6.45) is 4.66. The maximum absolute atomic E-state index is 11.8. The van der Waals surface area contributed by atoms with Gasteiger partial charge in [0, 0.05) is 6.04 Å². The van der Waals surface area contributed by atoms with E-state index in [2.05, 4.69) is 25.2 Å². The van der Waals surface area contributed by atoms with Crippen LogP contribution in [0.1, 0.15) is 51.0 Å². The van der Waals surface area contributed by atoms with Crippen molar-refractivity contribution in [2.75, 3.05) is 6.61 Å². The van der Waals surface area contributed by atoms with Crippen molar-refractivity contribution >= 4 is 5.91 Å². The second-order valence-electron chi connectivity index (χ2n) is 5.56. The van der Waals surface area contributed by atoms with Crippen molar-refractivity contribution in [3.63, 3.8) is 0 Å². The molecule has 1 aliphatic carbocycles. The summed E-state index contributed by atoms with van der Waals surface area (Å²) >= 11 is 0. The zero-order valence-electron chi connectivity index (χ0n) is 11.8. The smallest absolute Gasteiger partial charge is 0.258 e. The Morgan fingerprint density at radius 2 is 2.11 bits per heavy atom. The Labute approximate surface area is 115 Å². The fourth-order valence-corrected chi connectivity index (χ4v) is 2.45. The number of ether oxygens (including phenoxy) is 1. The van der Waals surface area contributed by atoms with E-state index in [0.29, 0.717) is 12.0 Å². The maximum atomic E-state index is 11.8. The predicted octanol–water partition coefficient (Wildman–Crippen LogP) is 3.25. The van der Waals surface area contributed by atoms with E-state index in [4.69, 9.17) is 4.74 Å². The molecular weight excluding hydrogens is 238 g/mol. The van der Waals surface area contributed by atoms with E-state index in [9.17, 15) is 4.79 Å². The van der Waals surface area contributed by atoms with Crippen LogP contribution in [0, 0.1) is 0 Å². The number of amides is 1. The highest BCUT2D eigenvalue weighted by Crippen LogP contribution is 2.20. The van der Waals surface area contributed by atoms with Gasteiger partial charge in [0.2, 0.25) is 0 Å². The summed E-state index contributed by atoms with van der Waals surface area (Å²) in [7, 11) is 0. The molecule has 0 atom stereocenters. The minimum Gasteiger partial charge on any atom is -0.484 e. The number of carbonyl (C=O) groups is 1. The fourth-order valence-electron chi connectivity index (χ4n) is 2.45. The van der Waals surface area contributed by atoms with Crippen molar-refractivity contribution in [1.29, 1.82) is 0 Å². The van der Waals surface area contributed by atoms with Gasteiger partial charge in [-0.25, -0.2) is 0 Å². The van der Waals surface area contributed by atoms with Gasteiger partial charge in [0.25, 0.3) is 5.91 Å². The lowest BCUT2D eigenvalue weighted by Crippen LogP contribution is -2.36. The topological polar surface area (TPSA) is 38.3 Å². The first kappa shape index (κ1) is 13.9. The first-order valence-corrected chi connectivity index (χ1v) is 7.17. The molecule has 1 aromatic rings. The third kappa shape index (κ3) is 4.27. The third-order valence-electron chi connectivity index (χ3n) is 3.61. The second-order valence-corrected chi connectivity index (χ2v) is 5.56. The van der Waals surface area contributed by atoms with Crippen molar-refractivity contribution in [2.45, 2.75) is 51.5 Å². The van der Waals surface area contributed by atoms with Crippen LogP contribution in [-0.2, 0) is 4.79 Å². The summed E-state index contributed by atoms with van der Waals surface area (Å²) in [6, 6.07) is 8.32. The Balaban J connectivity index is 1.80. The van der Waals surface area contributed by atoms with Crippen LogP contribution < -0.4 is 10.1 Å². The monoisotopic (exact) mass is 261 g/mol. The van der Waals surface area contributed by atoms with Crippen LogP contribution in [-0.4, -0.2) is 18.6 Å². The minimum absolute atomic E-state index is 0.0122. The van der Waals surface area contributed by atoms with Gasteiger partial charge in [-0.1, -0.05) is 38.8 Å². The van der Waals surface area contributed by atoms with E-state index in [-0.39, 0.29) is 12.5 Å². The quantitative estimate of drug-likeness (QED) is 0.883. The van der Waals surface area contributed by atoms with Gasteiger partial charge in [-0.05, 0) is 36.5 Å². The molecule has 0 saturated heterocycles. The van der Waals surface area contributed by atoms with Gasteiger partial charge in [0.05, 0.1) is 0 Å². The molecule has 0 aromatic heterocycles. The standard InChI is InChI=1S/C16H23NO2/c1-12(2)13-6-5-9-15(10-13)19-11-16(18)17-14-7-3-4-8-14/h5-6,9-10,12,14H,3-4,7-8,11H2,1-2H3,(H,17,18). The van der Waals surface area contributed by atoms with Gasteiger partial charge >= 0.3 is 0 Å². The lowest BCUT2D eigenvalue weighted by molar-refractivity contribution is -0.123. The van der Waals surface area contributed by atoms with Gasteiger partial charge in [-0.3, -0.25) is 4.79 Å². The zero-order chi connectivity index (χ0) is 13.7. The van der Waals surface area contributed by atoms with Crippen molar-refractivity contribution in [1.82, 2.24) is 5.32 Å². The number of hydrogen-bond acceptors (Lipinski definition) is 2. The van der Waals surface area contributed by atoms with E-state index in [1.165, 1.54) is 18.4 Å². The Morgan fingerprint density at radius 3 is 2.79 bits per heavy atom. The highest BCUT2D eigenvalue weighted by molar-refractivity contribution is 5.77. The van der Waals surface area contributed by atoms with Crippen molar-refractivity contribution in [3.8, 4) is 5.75 Å². The number of rotatable bonds is 5. The normalized spacial score (nSPS) is 15.7. The molecule has 3 nitrogen and oxygen atoms in total. The summed E-state index contributed by atoms with van der Waals surface area (Å²) in [5, 5.41) is 3.02. The molecule has 0 spiro atoms. The van der Waals surface area contributed by atoms with Crippen LogP contribution in [0.4, 0.5) is 0 Å². The minimum atomic E-state index is -0.0122. The molecule has 2 rings (SSSR count). The van der Waals surface area contributed by atoms with Crippen LogP contribution in [0.3, 0.4) is 0 Å². The molecule has 0 radical (unpaired) electrons. The van der Waals surface area contributed by atoms with Crippen LogP contribution in [0.5, 0.6) is 5.75 Å². The first-order chi connectivity index (χ1) is 9.15. The molecule has 3 heteroatoms. The molecule has 1 fully saturated rings. The van der Waals surface area contributed by atoms with Gasteiger partial charge < -0.3 is 10.1 Å². The van der Waals surface area contributed by atoms with Crippen molar-refractivity contribution in [3.05, 3.63) is 29.8 Å². The van der Waals surface area contributed by atoms with Gasteiger partial charge in [-0.2, -0.15) is 0 Å². The van der Waals surface area contributed by atoms with Crippen LogP contribution in [0.25, 0.3) is 0 Å². The summed E-state index contributed by atoms with van der Waals surface area (Å²) in [5.41, 5.74) is 1.23. The number of nitrogens with one attached hydrogen (secondary N) is 1. The second kappa shape index (κ2) is 6.60. The summed E-state index contributed by atoms with van der Waals surface area (Å²) in [6.45, 7) is 4.40. The molecular formula is C16H23NO2. The molecule has 1 saturated carbocycles. The van der Waals surface area contributed by atoms with E-state index < -0.39 is 0 Å². The van der Waals surface area contributed by atoms with Crippen LogP contribution >= 0.6 is 0 Å². The molecule has 1 amide bonds. The summed E-state index contributed by atoms with van der Waals surface area (Å²) < 4.78 is 5.56. The molecule has 0 heterocycles. The maximum Gasteiger partial charge on any atom is 0.258 e. The largest absolute Gasteiger partial charge is 0.484 e. The average Bonchev–Trinajstić information content (AvgIpc) is 2.89. The van der Waals surface area contributed by atoms with Crippen LogP contribution in [0.2, 0.25) is 0 Å². The van der Waals surface area contributed by atoms with Crippen molar-refractivity contribution in [2.24, 2.45) is 0 Å². The number of hydrogen-bond donors (Lipinski definition) is 1. The van der Waals surface area contributed by atoms with Gasteiger partial charge in [0.15, 0.2) is 6.61 Å². The molecule has 1 aliphatic rings. The molecule has 19 heavy (non-hydrogen) atoms. The first-order valence-electron chi connectivity index (χ1n) is 7.17. The van der Waals surface area contributed by atoms with Crippen molar-refractivity contribution < 1.29 is 9.53 Å². The van der Waals surface area contributed by atoms with E-state index in [0.717, 1.165) is 18.6 Å². The van der Waals surface area contributed by atoms with E-state index in [1.807, 2.05) is 18.2 Å². The average molecular weight is 261 g/mol. The lowest BCUT2D eigenvalue weighted by Gasteiger charge is -2.13. The number of carbonyl (C=O) groups excluding carboxylic acids is 1. The molecule has 1 aromatic carbocycles. The molecule has 0 aliphatic heterocycles. The SMILES string of the molecule is CC(C)c1cccc(OCC(=O)NC2CCCC2)c1. The fraction of sp³-hybridized carbons (Fsp3) is 0.562. The predicted molar refractivity (Wildman–Crippen MR) is 76.4 cm³/mol. The lowest BCUT2D eigenvalue weighted by atomic mass is 10.0. The molecule has 0 unspecified atom stereocenters. The van der Waals surface area contributed by atoms with E-state index in [1.54, 1.807) is 0 Å². The Morgan fingerprint density at radius 1 is 1.37 bits per heavy atom. The third-order valence-corrected chi connectivity index (χ3v) is 3.61. The van der Waals surface area contributed by atoms with E-state index >= 15 is 0 Å². The number of benzene rings is 1. The Kier molecular flexibility index (Phi) is 4.83. The summed E-state index contributed by atoms with van der Waals surface area (Å²) in [5.74, 6) is 1.23. The molecule has 1 N–H and O–H groups in total. The molecule has 0 bridgehead atoms.